The predicted molar refractivity (Wildman–Crippen MR) is 72.0 cm³/mol. The Balaban J connectivity index is 1.93. The highest BCUT2D eigenvalue weighted by Crippen LogP contribution is 2.15. The van der Waals surface area contributed by atoms with E-state index >= 15 is 0 Å². The molecule has 0 fully saturated rings. The van der Waals surface area contributed by atoms with Crippen LogP contribution in [0.15, 0.2) is 36.7 Å². The molecular weight excluding hydrogens is 224 g/mol. The van der Waals surface area contributed by atoms with Gasteiger partial charge in [0.15, 0.2) is 0 Å². The van der Waals surface area contributed by atoms with Crippen molar-refractivity contribution in [2.45, 2.75) is 38.8 Å². The molecule has 0 aliphatic rings. The predicted octanol–water partition coefficient (Wildman–Crippen LogP) is 2.32. The zero-order valence-corrected chi connectivity index (χ0v) is 10.8. The first-order chi connectivity index (χ1) is 8.81. The van der Waals surface area contributed by atoms with Crippen molar-refractivity contribution in [1.29, 1.82) is 0 Å². The molecule has 0 saturated heterocycles. The number of aryl methyl sites for hydroxylation is 2. The summed E-state index contributed by atoms with van der Waals surface area (Å²) in [5.41, 5.74) is 7.36. The molecule has 18 heavy (non-hydrogen) atoms. The van der Waals surface area contributed by atoms with Crippen molar-refractivity contribution in [3.63, 3.8) is 0 Å². The van der Waals surface area contributed by atoms with E-state index in [-0.39, 0.29) is 6.04 Å². The van der Waals surface area contributed by atoms with Gasteiger partial charge < -0.3 is 5.73 Å². The monoisotopic (exact) mass is 244 g/mol. The second kappa shape index (κ2) is 6.31. The maximum absolute atomic E-state index is 6.18. The van der Waals surface area contributed by atoms with E-state index in [2.05, 4.69) is 29.1 Å². The summed E-state index contributed by atoms with van der Waals surface area (Å²) >= 11 is 0. The van der Waals surface area contributed by atoms with Crippen LogP contribution in [0.1, 0.15) is 37.2 Å². The highest BCUT2D eigenvalue weighted by atomic mass is 15.3. The van der Waals surface area contributed by atoms with E-state index < -0.39 is 0 Å². The lowest BCUT2D eigenvalue weighted by atomic mass is 10.0. The van der Waals surface area contributed by atoms with Crippen LogP contribution in [0.2, 0.25) is 0 Å². The molecule has 96 valence electrons. The minimum atomic E-state index is 0.0676. The summed E-state index contributed by atoms with van der Waals surface area (Å²) in [5, 5.41) is 4.22. The Hall–Kier alpha value is -1.68. The van der Waals surface area contributed by atoms with Gasteiger partial charge in [0.05, 0.1) is 0 Å². The summed E-state index contributed by atoms with van der Waals surface area (Å²) in [7, 11) is 0. The lowest BCUT2D eigenvalue weighted by Gasteiger charge is -2.11. The normalized spacial score (nSPS) is 12.6. The Morgan fingerprint density at radius 3 is 2.78 bits per heavy atom. The molecule has 4 heteroatoms. The summed E-state index contributed by atoms with van der Waals surface area (Å²) in [4.78, 5) is 4.30. The van der Waals surface area contributed by atoms with E-state index in [0.717, 1.165) is 31.6 Å². The number of hydrogen-bond acceptors (Lipinski definition) is 3. The minimum absolute atomic E-state index is 0.0676. The van der Waals surface area contributed by atoms with Crippen molar-refractivity contribution in [2.24, 2.45) is 5.73 Å². The van der Waals surface area contributed by atoms with Crippen molar-refractivity contribution in [3.8, 4) is 0 Å². The van der Waals surface area contributed by atoms with Gasteiger partial charge in [0.2, 0.25) is 0 Å². The van der Waals surface area contributed by atoms with Crippen LogP contribution in [0.3, 0.4) is 0 Å². The molecule has 2 aromatic rings. The molecule has 1 atom stereocenters. The van der Waals surface area contributed by atoms with E-state index in [1.54, 1.807) is 6.33 Å². The van der Waals surface area contributed by atoms with Gasteiger partial charge in [-0.25, -0.2) is 4.98 Å². The van der Waals surface area contributed by atoms with Crippen molar-refractivity contribution in [1.82, 2.24) is 14.8 Å². The lowest BCUT2D eigenvalue weighted by Crippen LogP contribution is -2.13. The largest absolute Gasteiger partial charge is 0.324 e. The van der Waals surface area contributed by atoms with Gasteiger partial charge >= 0.3 is 0 Å². The second-order valence-corrected chi connectivity index (χ2v) is 4.46. The van der Waals surface area contributed by atoms with Crippen LogP contribution in [0.4, 0.5) is 0 Å². The maximum Gasteiger partial charge on any atom is 0.138 e. The first kappa shape index (κ1) is 12.8. The van der Waals surface area contributed by atoms with Crippen molar-refractivity contribution in [2.75, 3.05) is 0 Å². The van der Waals surface area contributed by atoms with Crippen molar-refractivity contribution >= 4 is 0 Å². The molecule has 0 aliphatic carbocycles. The van der Waals surface area contributed by atoms with Crippen LogP contribution >= 0.6 is 0 Å². The number of hydrogen-bond donors (Lipinski definition) is 1. The van der Waals surface area contributed by atoms with Crippen LogP contribution < -0.4 is 5.73 Å². The molecule has 1 heterocycles. The summed E-state index contributed by atoms with van der Waals surface area (Å²) in [6.45, 7) is 3.07. The van der Waals surface area contributed by atoms with Crippen LogP contribution in [0.25, 0.3) is 0 Å². The number of nitrogens with two attached hydrogens (primary N) is 1. The molecule has 4 nitrogen and oxygen atoms in total. The fraction of sp³-hybridized carbons (Fsp3) is 0.429. The third kappa shape index (κ3) is 3.17. The molecule has 1 aromatic carbocycles. The molecular formula is C14H20N4. The Kier molecular flexibility index (Phi) is 4.47. The van der Waals surface area contributed by atoms with E-state index in [9.17, 15) is 0 Å². The number of nitrogens with zero attached hydrogens (tertiary/aromatic N) is 3. The quantitative estimate of drug-likeness (QED) is 0.848. The molecule has 0 saturated carbocycles. The standard InChI is InChI=1S/C14H20N4/c1-2-10-18-14(16-11-17-18)9-8-13(15)12-6-4-3-5-7-12/h3-7,11,13H,2,8-10,15H2,1H3. The number of benzene rings is 1. The van der Waals surface area contributed by atoms with Crippen LogP contribution in [0.5, 0.6) is 0 Å². The molecule has 0 spiro atoms. The summed E-state index contributed by atoms with van der Waals surface area (Å²) in [6.07, 6.45) is 4.46. The van der Waals surface area contributed by atoms with Crippen LogP contribution in [-0.4, -0.2) is 14.8 Å². The van der Waals surface area contributed by atoms with Gasteiger partial charge in [-0.2, -0.15) is 5.10 Å². The maximum atomic E-state index is 6.18. The SMILES string of the molecule is CCCn1ncnc1CCC(N)c1ccccc1. The molecule has 0 aliphatic heterocycles. The number of rotatable bonds is 6. The molecule has 2 N–H and O–H groups in total. The van der Waals surface area contributed by atoms with Crippen LogP contribution in [0, 0.1) is 0 Å². The topological polar surface area (TPSA) is 56.7 Å². The van der Waals surface area contributed by atoms with E-state index in [1.807, 2.05) is 22.9 Å². The van der Waals surface area contributed by atoms with Gasteiger partial charge in [0.25, 0.3) is 0 Å². The fourth-order valence-corrected chi connectivity index (χ4v) is 2.03. The molecule has 0 amide bonds. The molecule has 1 unspecified atom stereocenters. The third-order valence-electron chi connectivity index (χ3n) is 3.04. The van der Waals surface area contributed by atoms with E-state index in [1.165, 1.54) is 5.56 Å². The zero-order valence-electron chi connectivity index (χ0n) is 10.8. The smallest absolute Gasteiger partial charge is 0.138 e. The first-order valence-corrected chi connectivity index (χ1v) is 6.48. The summed E-state index contributed by atoms with van der Waals surface area (Å²) in [5.74, 6) is 1.03. The Morgan fingerprint density at radius 1 is 1.28 bits per heavy atom. The summed E-state index contributed by atoms with van der Waals surface area (Å²) in [6, 6.07) is 10.3. The molecule has 2 rings (SSSR count). The van der Waals surface area contributed by atoms with Gasteiger partial charge in [0.1, 0.15) is 12.2 Å². The molecule has 0 bridgehead atoms. The fourth-order valence-electron chi connectivity index (χ4n) is 2.03. The molecule has 0 radical (unpaired) electrons. The van der Waals surface area contributed by atoms with E-state index in [4.69, 9.17) is 5.73 Å². The highest BCUT2D eigenvalue weighted by Gasteiger charge is 2.09. The van der Waals surface area contributed by atoms with Crippen molar-refractivity contribution in [3.05, 3.63) is 48.0 Å². The van der Waals surface area contributed by atoms with E-state index in [0.29, 0.717) is 0 Å². The second-order valence-electron chi connectivity index (χ2n) is 4.46. The Bertz CT molecular complexity index is 464. The van der Waals surface area contributed by atoms with Gasteiger partial charge in [-0.15, -0.1) is 0 Å². The van der Waals surface area contributed by atoms with Gasteiger partial charge in [-0.1, -0.05) is 37.3 Å². The van der Waals surface area contributed by atoms with Gasteiger partial charge in [-0.05, 0) is 18.4 Å². The third-order valence-corrected chi connectivity index (χ3v) is 3.04. The molecule has 1 aromatic heterocycles. The average molecular weight is 244 g/mol. The first-order valence-electron chi connectivity index (χ1n) is 6.48. The Morgan fingerprint density at radius 2 is 2.06 bits per heavy atom. The number of aromatic nitrogens is 3. The zero-order chi connectivity index (χ0) is 12.8. The van der Waals surface area contributed by atoms with Gasteiger partial charge in [-0.3, -0.25) is 4.68 Å². The Labute approximate surface area is 108 Å². The summed E-state index contributed by atoms with van der Waals surface area (Å²) < 4.78 is 1.97. The van der Waals surface area contributed by atoms with Crippen molar-refractivity contribution < 1.29 is 0 Å². The average Bonchev–Trinajstić information content (AvgIpc) is 2.85. The minimum Gasteiger partial charge on any atom is -0.324 e. The highest BCUT2D eigenvalue weighted by molar-refractivity contribution is 5.18. The van der Waals surface area contributed by atoms with Crippen LogP contribution in [-0.2, 0) is 13.0 Å². The lowest BCUT2D eigenvalue weighted by molar-refractivity contribution is 0.544. The van der Waals surface area contributed by atoms with Gasteiger partial charge in [0, 0.05) is 19.0 Å².